The maximum Gasteiger partial charge on any atom is 0.335 e. The van der Waals surface area contributed by atoms with E-state index in [9.17, 15) is 9.59 Å². The Kier molecular flexibility index (Phi) is 4.66. The van der Waals surface area contributed by atoms with Gasteiger partial charge >= 0.3 is 5.97 Å². The Hall–Kier alpha value is -1.88. The van der Waals surface area contributed by atoms with Crippen LogP contribution in [0.4, 0.5) is 0 Å². The normalized spacial score (nSPS) is 11.9. The first-order chi connectivity index (χ1) is 8.00. The molecule has 5 nitrogen and oxygen atoms in total. The molecule has 92 valence electrons. The molecule has 17 heavy (non-hydrogen) atoms. The third-order valence-electron chi connectivity index (χ3n) is 2.19. The van der Waals surface area contributed by atoms with Crippen LogP contribution in [0.3, 0.4) is 0 Å². The summed E-state index contributed by atoms with van der Waals surface area (Å²) in [6, 6.07) is 6.36. The minimum atomic E-state index is -1.05. The summed E-state index contributed by atoms with van der Waals surface area (Å²) in [5.74, 6) is -1.36. The molecule has 1 atom stereocenters. The zero-order valence-corrected chi connectivity index (χ0v) is 9.51. The molecule has 0 saturated heterocycles. The van der Waals surface area contributed by atoms with E-state index in [-0.39, 0.29) is 24.4 Å². The standard InChI is InChI=1S/C12H15NO4/c1-8(14)7-13-11(15)6-9-4-2-3-5-10(9)12(16)17/h2-5,8,14H,6-7H2,1H3,(H,13,15)(H,16,17)/t8-/m1/s1. The van der Waals surface area contributed by atoms with Crippen molar-refractivity contribution in [3.8, 4) is 0 Å². The summed E-state index contributed by atoms with van der Waals surface area (Å²) in [5, 5.41) is 20.4. The predicted octanol–water partition coefficient (Wildman–Crippen LogP) is 0.424. The number of amides is 1. The van der Waals surface area contributed by atoms with E-state index in [1.165, 1.54) is 6.07 Å². The van der Waals surface area contributed by atoms with Gasteiger partial charge in [0, 0.05) is 6.54 Å². The maximum atomic E-state index is 11.5. The van der Waals surface area contributed by atoms with Gasteiger partial charge in [-0.2, -0.15) is 0 Å². The molecule has 0 radical (unpaired) electrons. The van der Waals surface area contributed by atoms with Gasteiger partial charge in [0.2, 0.25) is 5.91 Å². The lowest BCUT2D eigenvalue weighted by molar-refractivity contribution is -0.120. The van der Waals surface area contributed by atoms with Crippen molar-refractivity contribution in [3.05, 3.63) is 35.4 Å². The van der Waals surface area contributed by atoms with Gasteiger partial charge in [-0.25, -0.2) is 4.79 Å². The molecule has 1 rings (SSSR count). The van der Waals surface area contributed by atoms with Crippen molar-refractivity contribution in [1.29, 1.82) is 0 Å². The number of carboxylic acids is 1. The lowest BCUT2D eigenvalue weighted by Crippen LogP contribution is -2.32. The van der Waals surface area contributed by atoms with Crippen LogP contribution in [-0.4, -0.2) is 34.7 Å². The zero-order valence-electron chi connectivity index (χ0n) is 9.51. The van der Waals surface area contributed by atoms with Crippen molar-refractivity contribution in [2.24, 2.45) is 0 Å². The topological polar surface area (TPSA) is 86.6 Å². The molecular weight excluding hydrogens is 222 g/mol. The van der Waals surface area contributed by atoms with Gasteiger partial charge in [-0.05, 0) is 18.6 Å². The minimum Gasteiger partial charge on any atom is -0.478 e. The van der Waals surface area contributed by atoms with E-state index >= 15 is 0 Å². The molecule has 1 aromatic rings. The van der Waals surface area contributed by atoms with Gasteiger partial charge in [-0.15, -0.1) is 0 Å². The van der Waals surface area contributed by atoms with Gasteiger partial charge in [-0.3, -0.25) is 4.79 Å². The molecule has 0 aliphatic carbocycles. The lowest BCUT2D eigenvalue weighted by Gasteiger charge is -2.08. The first kappa shape index (κ1) is 13.2. The highest BCUT2D eigenvalue weighted by molar-refractivity contribution is 5.91. The molecule has 1 aromatic carbocycles. The van der Waals surface area contributed by atoms with Gasteiger partial charge < -0.3 is 15.5 Å². The van der Waals surface area contributed by atoms with Crippen LogP contribution in [0.1, 0.15) is 22.8 Å². The number of carbonyl (C=O) groups excluding carboxylic acids is 1. The number of aromatic carboxylic acids is 1. The second-order valence-corrected chi connectivity index (χ2v) is 3.79. The molecule has 0 unspecified atom stereocenters. The summed E-state index contributed by atoms with van der Waals surface area (Å²) in [6.07, 6.45) is -0.622. The van der Waals surface area contributed by atoms with Crippen LogP contribution in [0, 0.1) is 0 Å². The van der Waals surface area contributed by atoms with Crippen molar-refractivity contribution in [2.75, 3.05) is 6.54 Å². The number of aliphatic hydroxyl groups excluding tert-OH is 1. The summed E-state index contributed by atoms with van der Waals surface area (Å²) < 4.78 is 0. The largest absolute Gasteiger partial charge is 0.478 e. The molecule has 0 fully saturated rings. The second kappa shape index (κ2) is 6.00. The Morgan fingerprint density at radius 3 is 2.59 bits per heavy atom. The number of carboxylic acid groups (broad SMARTS) is 1. The lowest BCUT2D eigenvalue weighted by atomic mass is 10.0. The summed E-state index contributed by atoms with van der Waals surface area (Å²) in [7, 11) is 0. The fourth-order valence-corrected chi connectivity index (χ4v) is 1.38. The third kappa shape index (κ3) is 4.24. The Balaban J connectivity index is 2.68. The van der Waals surface area contributed by atoms with Crippen LogP contribution in [0.2, 0.25) is 0 Å². The van der Waals surface area contributed by atoms with Crippen LogP contribution in [-0.2, 0) is 11.2 Å². The van der Waals surface area contributed by atoms with Gasteiger partial charge in [-0.1, -0.05) is 18.2 Å². The van der Waals surface area contributed by atoms with Crippen molar-refractivity contribution in [2.45, 2.75) is 19.4 Å². The quantitative estimate of drug-likeness (QED) is 0.693. The zero-order chi connectivity index (χ0) is 12.8. The number of carbonyl (C=O) groups is 2. The van der Waals surface area contributed by atoms with Gasteiger partial charge in [0.15, 0.2) is 0 Å². The van der Waals surface area contributed by atoms with Crippen LogP contribution in [0.15, 0.2) is 24.3 Å². The van der Waals surface area contributed by atoms with Crippen LogP contribution < -0.4 is 5.32 Å². The fraction of sp³-hybridized carbons (Fsp3) is 0.333. The van der Waals surface area contributed by atoms with E-state index in [2.05, 4.69) is 5.32 Å². The number of hydrogen-bond donors (Lipinski definition) is 3. The van der Waals surface area contributed by atoms with Crippen LogP contribution >= 0.6 is 0 Å². The Morgan fingerprint density at radius 1 is 1.35 bits per heavy atom. The van der Waals surface area contributed by atoms with E-state index < -0.39 is 12.1 Å². The summed E-state index contributed by atoms with van der Waals surface area (Å²) in [6.45, 7) is 1.72. The average molecular weight is 237 g/mol. The Bertz CT molecular complexity index is 415. The first-order valence-electron chi connectivity index (χ1n) is 5.26. The predicted molar refractivity (Wildman–Crippen MR) is 61.8 cm³/mol. The van der Waals surface area contributed by atoms with E-state index in [0.717, 1.165) is 0 Å². The molecule has 0 bridgehead atoms. The highest BCUT2D eigenvalue weighted by Crippen LogP contribution is 2.09. The SMILES string of the molecule is C[C@@H](O)CNC(=O)Cc1ccccc1C(=O)O. The number of rotatable bonds is 5. The number of nitrogens with one attached hydrogen (secondary N) is 1. The Morgan fingerprint density at radius 2 is 2.00 bits per heavy atom. The molecule has 1 amide bonds. The van der Waals surface area contributed by atoms with E-state index in [4.69, 9.17) is 10.2 Å². The maximum absolute atomic E-state index is 11.5. The van der Waals surface area contributed by atoms with Crippen molar-refractivity contribution in [1.82, 2.24) is 5.32 Å². The number of hydrogen-bond acceptors (Lipinski definition) is 3. The van der Waals surface area contributed by atoms with Gasteiger partial charge in [0.1, 0.15) is 0 Å². The molecule has 0 aromatic heterocycles. The molecule has 0 aliphatic heterocycles. The van der Waals surface area contributed by atoms with E-state index in [0.29, 0.717) is 5.56 Å². The van der Waals surface area contributed by atoms with E-state index in [1.807, 2.05) is 0 Å². The van der Waals surface area contributed by atoms with Crippen molar-refractivity contribution >= 4 is 11.9 Å². The fourth-order valence-electron chi connectivity index (χ4n) is 1.38. The molecular formula is C12H15NO4. The number of benzene rings is 1. The van der Waals surface area contributed by atoms with Gasteiger partial charge in [0.25, 0.3) is 0 Å². The smallest absolute Gasteiger partial charge is 0.335 e. The molecule has 0 heterocycles. The molecule has 0 spiro atoms. The van der Waals surface area contributed by atoms with Crippen molar-refractivity contribution in [3.63, 3.8) is 0 Å². The average Bonchev–Trinajstić information content (AvgIpc) is 2.27. The molecule has 3 N–H and O–H groups in total. The first-order valence-corrected chi connectivity index (χ1v) is 5.26. The third-order valence-corrected chi connectivity index (χ3v) is 2.19. The summed E-state index contributed by atoms with van der Waals surface area (Å²) in [5.41, 5.74) is 0.586. The highest BCUT2D eigenvalue weighted by atomic mass is 16.4. The molecule has 5 heteroatoms. The number of aliphatic hydroxyl groups is 1. The highest BCUT2D eigenvalue weighted by Gasteiger charge is 2.12. The van der Waals surface area contributed by atoms with Gasteiger partial charge in [0.05, 0.1) is 18.1 Å². The molecule has 0 aliphatic rings. The van der Waals surface area contributed by atoms with Crippen molar-refractivity contribution < 1.29 is 19.8 Å². The summed E-state index contributed by atoms with van der Waals surface area (Å²) in [4.78, 5) is 22.4. The summed E-state index contributed by atoms with van der Waals surface area (Å²) >= 11 is 0. The van der Waals surface area contributed by atoms with Crippen LogP contribution in [0.5, 0.6) is 0 Å². The second-order valence-electron chi connectivity index (χ2n) is 3.79. The molecule has 0 saturated carbocycles. The Labute approximate surface area is 99.1 Å². The van der Waals surface area contributed by atoms with Crippen LogP contribution in [0.25, 0.3) is 0 Å². The minimum absolute atomic E-state index is 0.00477. The van der Waals surface area contributed by atoms with E-state index in [1.54, 1.807) is 25.1 Å². The monoisotopic (exact) mass is 237 g/mol.